The highest BCUT2D eigenvalue weighted by atomic mass is 16.5. The largest absolute Gasteiger partial charge is 0.497 e. The highest BCUT2D eigenvalue weighted by Crippen LogP contribution is 2.26. The fourth-order valence-electron chi connectivity index (χ4n) is 3.42. The number of hydrogen-bond donors (Lipinski definition) is 2. The minimum absolute atomic E-state index is 0.290. The lowest BCUT2D eigenvalue weighted by Gasteiger charge is -2.18. The molecule has 4 nitrogen and oxygen atoms in total. The first kappa shape index (κ1) is 19.6. The summed E-state index contributed by atoms with van der Waals surface area (Å²) in [6.45, 7) is 0. The second-order valence-electron chi connectivity index (χ2n) is 7.16. The minimum Gasteiger partial charge on any atom is -0.497 e. The van der Waals surface area contributed by atoms with Crippen LogP contribution in [0.5, 0.6) is 5.75 Å². The third-order valence-electron chi connectivity index (χ3n) is 5.14. The van der Waals surface area contributed by atoms with Crippen molar-refractivity contribution in [3.8, 4) is 16.9 Å². The van der Waals surface area contributed by atoms with Gasteiger partial charge in [-0.05, 0) is 78.2 Å². The Morgan fingerprint density at radius 1 is 0.700 bits per heavy atom. The van der Waals surface area contributed by atoms with Crippen LogP contribution in [0.4, 0.5) is 17.1 Å². The Labute approximate surface area is 177 Å². The van der Waals surface area contributed by atoms with Crippen LogP contribution in [-0.2, 0) is 4.74 Å². The number of rotatable bonds is 7. The Morgan fingerprint density at radius 2 is 1.27 bits per heavy atom. The second-order valence-corrected chi connectivity index (χ2v) is 7.16. The maximum absolute atomic E-state index is 5.24. The zero-order valence-corrected chi connectivity index (χ0v) is 17.3. The highest BCUT2D eigenvalue weighted by molar-refractivity contribution is 5.70. The molecular weight excluding hydrogens is 372 g/mol. The van der Waals surface area contributed by atoms with Gasteiger partial charge in [-0.2, -0.15) is 0 Å². The van der Waals surface area contributed by atoms with Gasteiger partial charge in [0.1, 0.15) is 11.5 Å². The molecule has 0 radical (unpaired) electrons. The summed E-state index contributed by atoms with van der Waals surface area (Å²) in [7, 11) is 3.37. The molecule has 1 unspecified atom stereocenters. The number of anilines is 3. The molecule has 0 heterocycles. The average molecular weight is 399 g/mol. The number of allylic oxidation sites excluding steroid dienone is 1. The van der Waals surface area contributed by atoms with E-state index in [0.717, 1.165) is 35.0 Å². The summed E-state index contributed by atoms with van der Waals surface area (Å²) >= 11 is 0. The second kappa shape index (κ2) is 9.23. The molecule has 2 N–H and O–H groups in total. The molecule has 4 heteroatoms. The predicted molar refractivity (Wildman–Crippen MR) is 124 cm³/mol. The van der Waals surface area contributed by atoms with E-state index in [1.165, 1.54) is 11.1 Å². The fraction of sp³-hybridized carbons (Fsp3) is 0.154. The SMILES string of the molecule is COC1=CCC(Nc2ccc(-c3ccc(Nc4ccc(OC)cc4)cc3)cc2)C=C1. The molecule has 0 saturated heterocycles. The van der Waals surface area contributed by atoms with Gasteiger partial charge in [-0.25, -0.2) is 0 Å². The van der Waals surface area contributed by atoms with Gasteiger partial charge in [-0.1, -0.05) is 30.3 Å². The number of methoxy groups -OCH3 is 2. The molecule has 0 aliphatic heterocycles. The van der Waals surface area contributed by atoms with Crippen LogP contribution in [0, 0.1) is 0 Å². The van der Waals surface area contributed by atoms with E-state index in [-0.39, 0.29) is 6.04 Å². The van der Waals surface area contributed by atoms with Gasteiger partial charge in [0.2, 0.25) is 0 Å². The van der Waals surface area contributed by atoms with Gasteiger partial charge < -0.3 is 20.1 Å². The molecule has 0 aromatic heterocycles. The molecule has 1 aliphatic carbocycles. The minimum atomic E-state index is 0.290. The lowest BCUT2D eigenvalue weighted by molar-refractivity contribution is 0.303. The molecule has 0 saturated carbocycles. The quantitative estimate of drug-likeness (QED) is 0.485. The molecule has 152 valence electrons. The van der Waals surface area contributed by atoms with Crippen molar-refractivity contribution in [1.29, 1.82) is 0 Å². The Balaban J connectivity index is 1.37. The van der Waals surface area contributed by atoms with Crippen molar-refractivity contribution in [3.63, 3.8) is 0 Å². The summed E-state index contributed by atoms with van der Waals surface area (Å²) in [5, 5.41) is 6.95. The molecule has 0 bridgehead atoms. The van der Waals surface area contributed by atoms with Gasteiger partial charge in [0.05, 0.1) is 14.2 Å². The van der Waals surface area contributed by atoms with E-state index in [4.69, 9.17) is 9.47 Å². The van der Waals surface area contributed by atoms with E-state index < -0.39 is 0 Å². The van der Waals surface area contributed by atoms with Crippen molar-refractivity contribution < 1.29 is 9.47 Å². The molecule has 0 spiro atoms. The summed E-state index contributed by atoms with van der Waals surface area (Å²) < 4.78 is 10.4. The van der Waals surface area contributed by atoms with Crippen LogP contribution in [0.2, 0.25) is 0 Å². The van der Waals surface area contributed by atoms with Gasteiger partial charge in [-0.3, -0.25) is 0 Å². The normalized spacial score (nSPS) is 15.3. The summed E-state index contributed by atoms with van der Waals surface area (Å²) in [5.41, 5.74) is 5.57. The van der Waals surface area contributed by atoms with Crippen LogP contribution in [0.1, 0.15) is 6.42 Å². The first-order chi connectivity index (χ1) is 14.7. The maximum Gasteiger partial charge on any atom is 0.119 e. The monoisotopic (exact) mass is 398 g/mol. The first-order valence-corrected chi connectivity index (χ1v) is 10.0. The molecular formula is C26H26N2O2. The van der Waals surface area contributed by atoms with E-state index in [0.29, 0.717) is 0 Å². The molecule has 1 aliphatic rings. The van der Waals surface area contributed by atoms with Crippen LogP contribution < -0.4 is 15.4 Å². The van der Waals surface area contributed by atoms with E-state index in [9.17, 15) is 0 Å². The standard InChI is InChI=1S/C26H26N2O2/c1-29-25-15-11-23(12-16-25)27-21-7-3-19(4-8-21)20-5-9-22(10-6-20)28-24-13-17-26(30-2)18-14-24/h3-13,15-18,24,27-28H,14H2,1-2H3. The number of ether oxygens (including phenoxy) is 2. The number of nitrogens with one attached hydrogen (secondary N) is 2. The molecule has 30 heavy (non-hydrogen) atoms. The van der Waals surface area contributed by atoms with Crippen molar-refractivity contribution in [2.45, 2.75) is 12.5 Å². The molecule has 3 aromatic rings. The number of hydrogen-bond acceptors (Lipinski definition) is 4. The molecule has 0 fully saturated rings. The van der Waals surface area contributed by atoms with Crippen molar-refractivity contribution in [2.24, 2.45) is 0 Å². The topological polar surface area (TPSA) is 42.5 Å². The highest BCUT2D eigenvalue weighted by Gasteiger charge is 2.09. The van der Waals surface area contributed by atoms with Crippen molar-refractivity contribution >= 4 is 17.1 Å². The van der Waals surface area contributed by atoms with E-state index in [1.807, 2.05) is 30.3 Å². The van der Waals surface area contributed by atoms with Gasteiger partial charge in [0.15, 0.2) is 0 Å². The van der Waals surface area contributed by atoms with Gasteiger partial charge in [-0.15, -0.1) is 0 Å². The van der Waals surface area contributed by atoms with Gasteiger partial charge in [0.25, 0.3) is 0 Å². The van der Waals surface area contributed by atoms with Gasteiger partial charge in [0, 0.05) is 23.1 Å². The van der Waals surface area contributed by atoms with Crippen molar-refractivity contribution in [1.82, 2.24) is 0 Å². The zero-order valence-electron chi connectivity index (χ0n) is 17.3. The smallest absolute Gasteiger partial charge is 0.119 e. The molecule has 1 atom stereocenters. The van der Waals surface area contributed by atoms with E-state index >= 15 is 0 Å². The van der Waals surface area contributed by atoms with E-state index in [2.05, 4.69) is 71.3 Å². The summed E-state index contributed by atoms with van der Waals surface area (Å²) in [6, 6.07) is 25.2. The fourth-order valence-corrected chi connectivity index (χ4v) is 3.42. The van der Waals surface area contributed by atoms with Crippen LogP contribution in [0.3, 0.4) is 0 Å². The first-order valence-electron chi connectivity index (χ1n) is 10.0. The Hall–Kier alpha value is -3.66. The third kappa shape index (κ3) is 4.84. The van der Waals surface area contributed by atoms with Crippen molar-refractivity contribution in [2.75, 3.05) is 24.9 Å². The van der Waals surface area contributed by atoms with Crippen LogP contribution >= 0.6 is 0 Å². The lowest BCUT2D eigenvalue weighted by atomic mass is 10.0. The molecule has 4 rings (SSSR count). The summed E-state index contributed by atoms with van der Waals surface area (Å²) in [4.78, 5) is 0. The predicted octanol–water partition coefficient (Wildman–Crippen LogP) is 6.38. The van der Waals surface area contributed by atoms with Crippen LogP contribution in [-0.4, -0.2) is 20.3 Å². The lowest BCUT2D eigenvalue weighted by Crippen LogP contribution is -2.17. The number of benzene rings is 3. The molecule has 0 amide bonds. The van der Waals surface area contributed by atoms with Gasteiger partial charge >= 0.3 is 0 Å². The summed E-state index contributed by atoms with van der Waals surface area (Å²) in [5.74, 6) is 1.78. The average Bonchev–Trinajstić information content (AvgIpc) is 2.81. The maximum atomic E-state index is 5.24. The molecule has 3 aromatic carbocycles. The Kier molecular flexibility index (Phi) is 6.04. The van der Waals surface area contributed by atoms with E-state index in [1.54, 1.807) is 14.2 Å². The van der Waals surface area contributed by atoms with Crippen LogP contribution in [0.25, 0.3) is 11.1 Å². The van der Waals surface area contributed by atoms with Crippen LogP contribution in [0.15, 0.2) is 96.8 Å². The third-order valence-corrected chi connectivity index (χ3v) is 5.14. The Bertz CT molecular complexity index is 1020. The zero-order chi connectivity index (χ0) is 20.8. The Morgan fingerprint density at radius 3 is 1.77 bits per heavy atom. The summed E-state index contributed by atoms with van der Waals surface area (Å²) in [6.07, 6.45) is 7.18. The van der Waals surface area contributed by atoms with Crippen molar-refractivity contribution in [3.05, 3.63) is 96.8 Å².